The summed E-state index contributed by atoms with van der Waals surface area (Å²) in [7, 11) is 0.120. The van der Waals surface area contributed by atoms with E-state index in [9.17, 15) is 8.42 Å². The molecule has 0 spiro atoms. The molecule has 9 heteroatoms. The fourth-order valence-electron chi connectivity index (χ4n) is 1.17. The van der Waals surface area contributed by atoms with Gasteiger partial charge in [-0.15, -0.1) is 0 Å². The standard InChI is InChI=1S/C10H18ClN5O2S/c1-7(16(2)3)5-14-19(17,18)8-4-9(11)10(15-12)13-6-8/h4,6-7,14H,5,12H2,1-3H3,(H,13,15). The summed E-state index contributed by atoms with van der Waals surface area (Å²) >= 11 is 5.84. The number of nitrogen functional groups attached to an aromatic ring is 1. The second kappa shape index (κ2) is 6.49. The molecule has 1 atom stereocenters. The summed E-state index contributed by atoms with van der Waals surface area (Å²) in [5.41, 5.74) is 2.27. The van der Waals surface area contributed by atoms with Gasteiger partial charge in [-0.3, -0.25) is 0 Å². The van der Waals surface area contributed by atoms with Crippen LogP contribution in [0.3, 0.4) is 0 Å². The van der Waals surface area contributed by atoms with Crippen molar-refractivity contribution >= 4 is 27.4 Å². The molecule has 1 rings (SSSR count). The highest BCUT2D eigenvalue weighted by atomic mass is 35.5. The zero-order valence-electron chi connectivity index (χ0n) is 11.0. The first-order valence-corrected chi connectivity index (χ1v) is 7.42. The van der Waals surface area contributed by atoms with Gasteiger partial charge in [0.2, 0.25) is 10.0 Å². The van der Waals surface area contributed by atoms with Crippen molar-refractivity contribution in [3.05, 3.63) is 17.3 Å². The van der Waals surface area contributed by atoms with E-state index in [0.717, 1.165) is 0 Å². The molecule has 0 saturated carbocycles. The maximum atomic E-state index is 12.0. The summed E-state index contributed by atoms with van der Waals surface area (Å²) in [6.07, 6.45) is 1.20. The van der Waals surface area contributed by atoms with Crippen molar-refractivity contribution in [2.75, 3.05) is 26.1 Å². The van der Waals surface area contributed by atoms with Crippen LogP contribution >= 0.6 is 11.6 Å². The first kappa shape index (κ1) is 16.1. The summed E-state index contributed by atoms with van der Waals surface area (Å²) in [4.78, 5) is 5.74. The Kier molecular flexibility index (Phi) is 5.50. The van der Waals surface area contributed by atoms with Gasteiger partial charge in [-0.2, -0.15) is 0 Å². The molecule has 0 radical (unpaired) electrons. The molecule has 0 saturated heterocycles. The Balaban J connectivity index is 2.86. The highest BCUT2D eigenvalue weighted by Gasteiger charge is 2.17. The first-order valence-electron chi connectivity index (χ1n) is 5.56. The predicted molar refractivity (Wildman–Crippen MR) is 75.4 cm³/mol. The largest absolute Gasteiger partial charge is 0.307 e. The van der Waals surface area contributed by atoms with Gasteiger partial charge in [0.1, 0.15) is 4.90 Å². The molecule has 4 N–H and O–H groups in total. The number of halogens is 1. The number of hydrazine groups is 1. The van der Waals surface area contributed by atoms with Crippen LogP contribution in [0.15, 0.2) is 17.2 Å². The minimum atomic E-state index is -3.63. The Labute approximate surface area is 118 Å². The van der Waals surface area contributed by atoms with Gasteiger partial charge in [-0.1, -0.05) is 11.6 Å². The van der Waals surface area contributed by atoms with E-state index in [1.807, 2.05) is 25.9 Å². The monoisotopic (exact) mass is 307 g/mol. The number of hydrogen-bond donors (Lipinski definition) is 3. The minimum absolute atomic E-state index is 0.00227. The van der Waals surface area contributed by atoms with Gasteiger partial charge in [-0.05, 0) is 27.1 Å². The van der Waals surface area contributed by atoms with Crippen molar-refractivity contribution in [2.24, 2.45) is 5.84 Å². The second-order valence-corrected chi connectivity index (χ2v) is 6.48. The second-order valence-electron chi connectivity index (χ2n) is 4.31. The number of hydrogen-bond acceptors (Lipinski definition) is 6. The number of pyridine rings is 1. The van der Waals surface area contributed by atoms with E-state index in [1.54, 1.807) is 0 Å². The van der Waals surface area contributed by atoms with E-state index in [0.29, 0.717) is 6.54 Å². The summed E-state index contributed by atoms with van der Waals surface area (Å²) < 4.78 is 26.6. The number of rotatable bonds is 6. The zero-order valence-corrected chi connectivity index (χ0v) is 12.6. The fourth-order valence-corrected chi connectivity index (χ4v) is 2.55. The molecule has 108 valence electrons. The Bertz CT molecular complexity index is 535. The van der Waals surface area contributed by atoms with Gasteiger partial charge in [0.25, 0.3) is 0 Å². The molecule has 0 aromatic carbocycles. The number of likely N-dealkylation sites (N-methyl/N-ethyl adjacent to an activating group) is 1. The topological polar surface area (TPSA) is 100 Å². The SMILES string of the molecule is CC(CNS(=O)(=O)c1cnc(NN)c(Cl)c1)N(C)C. The fraction of sp³-hybridized carbons (Fsp3) is 0.500. The van der Waals surface area contributed by atoms with Crippen molar-refractivity contribution in [2.45, 2.75) is 17.9 Å². The molecule has 19 heavy (non-hydrogen) atoms. The lowest BCUT2D eigenvalue weighted by Gasteiger charge is -2.20. The summed E-state index contributed by atoms with van der Waals surface area (Å²) in [5, 5.41) is 0.144. The summed E-state index contributed by atoms with van der Waals surface area (Å²) in [6, 6.07) is 1.37. The molecule has 0 aliphatic rings. The van der Waals surface area contributed by atoms with Crippen LogP contribution in [0.1, 0.15) is 6.92 Å². The Morgan fingerprint density at radius 1 is 1.53 bits per heavy atom. The van der Waals surface area contributed by atoms with Crippen molar-refractivity contribution in [3.63, 3.8) is 0 Å². The van der Waals surface area contributed by atoms with Crippen molar-refractivity contribution in [1.29, 1.82) is 0 Å². The third kappa shape index (κ3) is 4.29. The molecule has 0 aliphatic heterocycles. The molecule has 7 nitrogen and oxygen atoms in total. The number of anilines is 1. The maximum Gasteiger partial charge on any atom is 0.242 e. The van der Waals surface area contributed by atoms with Gasteiger partial charge < -0.3 is 10.3 Å². The Hall–Kier alpha value is -0.930. The van der Waals surface area contributed by atoms with Gasteiger partial charge in [0.05, 0.1) is 5.02 Å². The highest BCUT2D eigenvalue weighted by Crippen LogP contribution is 2.21. The lowest BCUT2D eigenvalue weighted by atomic mass is 10.3. The van der Waals surface area contributed by atoms with E-state index in [1.165, 1.54) is 12.3 Å². The van der Waals surface area contributed by atoms with E-state index in [2.05, 4.69) is 15.1 Å². The van der Waals surface area contributed by atoms with Crippen LogP contribution < -0.4 is 16.0 Å². The van der Waals surface area contributed by atoms with E-state index < -0.39 is 10.0 Å². The van der Waals surface area contributed by atoms with E-state index in [4.69, 9.17) is 17.4 Å². The minimum Gasteiger partial charge on any atom is -0.307 e. The molecular formula is C10H18ClN5O2S. The number of aromatic nitrogens is 1. The summed E-state index contributed by atoms with van der Waals surface area (Å²) in [6.45, 7) is 2.21. The molecule has 0 bridgehead atoms. The average Bonchev–Trinajstić information content (AvgIpc) is 2.35. The molecule has 1 heterocycles. The highest BCUT2D eigenvalue weighted by molar-refractivity contribution is 7.89. The number of nitrogens with two attached hydrogens (primary N) is 1. The lowest BCUT2D eigenvalue weighted by Crippen LogP contribution is -2.38. The molecular weight excluding hydrogens is 290 g/mol. The van der Waals surface area contributed by atoms with Crippen LogP contribution in [0.2, 0.25) is 5.02 Å². The number of sulfonamides is 1. The maximum absolute atomic E-state index is 12.0. The van der Waals surface area contributed by atoms with Gasteiger partial charge in [0, 0.05) is 18.8 Å². The predicted octanol–water partition coefficient (Wildman–Crippen LogP) is 0.249. The van der Waals surface area contributed by atoms with Crippen molar-refractivity contribution in [1.82, 2.24) is 14.6 Å². The lowest BCUT2D eigenvalue weighted by molar-refractivity contribution is 0.314. The molecule has 1 aromatic rings. The molecule has 1 aromatic heterocycles. The van der Waals surface area contributed by atoms with Crippen LogP contribution in [0.4, 0.5) is 5.82 Å². The van der Waals surface area contributed by atoms with E-state index in [-0.39, 0.29) is 21.8 Å². The van der Waals surface area contributed by atoms with Crippen LogP contribution in [-0.4, -0.2) is 45.0 Å². The van der Waals surface area contributed by atoms with Crippen LogP contribution in [0.25, 0.3) is 0 Å². The van der Waals surface area contributed by atoms with E-state index >= 15 is 0 Å². The van der Waals surface area contributed by atoms with Gasteiger partial charge in [-0.25, -0.2) is 24.0 Å². The van der Waals surface area contributed by atoms with Gasteiger partial charge >= 0.3 is 0 Å². The first-order chi connectivity index (χ1) is 8.77. The molecule has 0 fully saturated rings. The smallest absolute Gasteiger partial charge is 0.242 e. The Morgan fingerprint density at radius 3 is 2.63 bits per heavy atom. The zero-order chi connectivity index (χ0) is 14.6. The average molecular weight is 308 g/mol. The molecule has 0 amide bonds. The number of nitrogens with one attached hydrogen (secondary N) is 2. The third-order valence-electron chi connectivity index (χ3n) is 2.71. The van der Waals surface area contributed by atoms with Crippen LogP contribution in [-0.2, 0) is 10.0 Å². The Morgan fingerprint density at radius 2 is 2.16 bits per heavy atom. The van der Waals surface area contributed by atoms with Gasteiger partial charge in [0.15, 0.2) is 5.82 Å². The number of nitrogens with zero attached hydrogens (tertiary/aromatic N) is 2. The van der Waals surface area contributed by atoms with Crippen molar-refractivity contribution in [3.8, 4) is 0 Å². The van der Waals surface area contributed by atoms with Crippen molar-refractivity contribution < 1.29 is 8.42 Å². The summed E-state index contributed by atoms with van der Waals surface area (Å²) in [5.74, 6) is 5.40. The van der Waals surface area contributed by atoms with Crippen LogP contribution in [0.5, 0.6) is 0 Å². The normalized spacial score (nSPS) is 13.6. The molecule has 0 aliphatic carbocycles. The third-order valence-corrected chi connectivity index (χ3v) is 4.39. The van der Waals surface area contributed by atoms with Crippen LogP contribution in [0, 0.1) is 0 Å². The quantitative estimate of drug-likeness (QED) is 0.514. The molecule has 1 unspecified atom stereocenters.